The van der Waals surface area contributed by atoms with E-state index in [1.165, 1.54) is 13.2 Å². The summed E-state index contributed by atoms with van der Waals surface area (Å²) in [4.78, 5) is 10.7. The Hall–Kier alpha value is -1.67. The highest BCUT2D eigenvalue weighted by molar-refractivity contribution is 5.76. The van der Waals surface area contributed by atoms with E-state index in [0.717, 1.165) is 0 Å². The first-order valence-electron chi connectivity index (χ1n) is 6.46. The Morgan fingerprint density at radius 2 is 2.00 bits per heavy atom. The summed E-state index contributed by atoms with van der Waals surface area (Å²) in [6.07, 6.45) is -0.177. The van der Waals surface area contributed by atoms with Gasteiger partial charge in [0.2, 0.25) is 6.29 Å². The topological polar surface area (TPSA) is 94.5 Å². The lowest BCUT2D eigenvalue weighted by Crippen LogP contribution is -2.27. The molecule has 7 heteroatoms. The lowest BCUT2D eigenvalue weighted by Gasteiger charge is -2.19. The molecule has 0 amide bonds. The van der Waals surface area contributed by atoms with Crippen molar-refractivity contribution < 1.29 is 34.0 Å². The van der Waals surface area contributed by atoms with Crippen LogP contribution < -0.4 is 9.47 Å². The minimum Gasteiger partial charge on any atom is -0.493 e. The molecule has 0 spiro atoms. The summed E-state index contributed by atoms with van der Waals surface area (Å²) in [6, 6.07) is 4.67. The Labute approximate surface area is 123 Å². The molecule has 0 bridgehead atoms. The Balaban J connectivity index is 2.54. The molecule has 0 heterocycles. The fourth-order valence-electron chi connectivity index (χ4n) is 1.53. The van der Waals surface area contributed by atoms with E-state index in [0.29, 0.717) is 23.3 Å². The summed E-state index contributed by atoms with van der Waals surface area (Å²) in [5.74, 6) is 0.733. The molecule has 7 nitrogen and oxygen atoms in total. The molecule has 1 rings (SSSR count). The summed E-state index contributed by atoms with van der Waals surface area (Å²) < 4.78 is 20.9. The number of benzene rings is 1. The second-order valence-electron chi connectivity index (χ2n) is 3.96. The number of rotatable bonds is 11. The van der Waals surface area contributed by atoms with Gasteiger partial charge in [0.1, 0.15) is 12.9 Å². The van der Waals surface area contributed by atoms with Crippen molar-refractivity contribution in [3.63, 3.8) is 0 Å². The second-order valence-corrected chi connectivity index (χ2v) is 3.96. The standard InChI is InChI=1S/C14H20O7/c1-18-13-8-11(9-16)2-3-12(13)21-14(10-17)20-7-6-19-5-4-15/h2-3,8-9,14-15,17H,4-7,10H2,1H3. The Morgan fingerprint density at radius 1 is 1.19 bits per heavy atom. The second kappa shape index (κ2) is 10.1. The minimum absolute atomic E-state index is 0.0553. The molecule has 1 unspecified atom stereocenters. The normalized spacial score (nSPS) is 12.0. The van der Waals surface area contributed by atoms with Gasteiger partial charge in [-0.1, -0.05) is 0 Å². The van der Waals surface area contributed by atoms with Gasteiger partial charge in [0.15, 0.2) is 11.5 Å². The van der Waals surface area contributed by atoms with Crippen LogP contribution in [-0.2, 0) is 9.47 Å². The number of ether oxygens (including phenoxy) is 4. The van der Waals surface area contributed by atoms with Crippen molar-refractivity contribution in [3.05, 3.63) is 23.8 Å². The Morgan fingerprint density at radius 3 is 2.62 bits per heavy atom. The molecule has 0 aliphatic rings. The third kappa shape index (κ3) is 6.09. The Kier molecular flexibility index (Phi) is 8.37. The van der Waals surface area contributed by atoms with Gasteiger partial charge in [0.05, 0.1) is 33.5 Å². The molecular weight excluding hydrogens is 280 g/mol. The lowest BCUT2D eigenvalue weighted by molar-refractivity contribution is -0.119. The van der Waals surface area contributed by atoms with Gasteiger partial charge in [-0.25, -0.2) is 0 Å². The van der Waals surface area contributed by atoms with E-state index < -0.39 is 6.29 Å². The van der Waals surface area contributed by atoms with Crippen LogP contribution in [0.2, 0.25) is 0 Å². The van der Waals surface area contributed by atoms with Crippen LogP contribution >= 0.6 is 0 Å². The number of aliphatic hydroxyl groups excluding tert-OH is 2. The van der Waals surface area contributed by atoms with Crippen LogP contribution in [-0.4, -0.2) is 62.9 Å². The van der Waals surface area contributed by atoms with Crippen LogP contribution in [0.4, 0.5) is 0 Å². The molecule has 21 heavy (non-hydrogen) atoms. The third-order valence-corrected chi connectivity index (χ3v) is 2.50. The number of hydrogen-bond acceptors (Lipinski definition) is 7. The minimum atomic E-state index is -0.876. The molecule has 1 atom stereocenters. The first kappa shape index (κ1) is 17.4. The molecule has 0 aliphatic heterocycles. The maximum Gasteiger partial charge on any atom is 0.223 e. The van der Waals surface area contributed by atoms with E-state index in [1.807, 2.05) is 0 Å². The van der Waals surface area contributed by atoms with E-state index >= 15 is 0 Å². The van der Waals surface area contributed by atoms with Crippen LogP contribution in [0.15, 0.2) is 18.2 Å². The van der Waals surface area contributed by atoms with Gasteiger partial charge >= 0.3 is 0 Å². The van der Waals surface area contributed by atoms with Gasteiger partial charge < -0.3 is 29.2 Å². The number of aldehydes is 1. The fraction of sp³-hybridized carbons (Fsp3) is 0.500. The monoisotopic (exact) mass is 300 g/mol. The molecule has 0 saturated carbocycles. The van der Waals surface area contributed by atoms with E-state index in [9.17, 15) is 9.90 Å². The average molecular weight is 300 g/mol. The van der Waals surface area contributed by atoms with Crippen LogP contribution in [0.5, 0.6) is 11.5 Å². The van der Waals surface area contributed by atoms with E-state index in [1.54, 1.807) is 12.1 Å². The molecule has 1 aromatic rings. The fourth-order valence-corrected chi connectivity index (χ4v) is 1.53. The number of carbonyl (C=O) groups excluding carboxylic acids is 1. The lowest BCUT2D eigenvalue weighted by atomic mass is 10.2. The van der Waals surface area contributed by atoms with Crippen LogP contribution in [0.3, 0.4) is 0 Å². The zero-order chi connectivity index (χ0) is 15.5. The number of methoxy groups -OCH3 is 1. The predicted molar refractivity (Wildman–Crippen MR) is 73.7 cm³/mol. The van der Waals surface area contributed by atoms with Crippen molar-refractivity contribution in [2.75, 3.05) is 40.1 Å². The van der Waals surface area contributed by atoms with Gasteiger partial charge in [0, 0.05) is 5.56 Å². The molecule has 0 saturated heterocycles. The van der Waals surface area contributed by atoms with Crippen molar-refractivity contribution in [1.82, 2.24) is 0 Å². The average Bonchev–Trinajstić information content (AvgIpc) is 2.53. The molecule has 1 aromatic carbocycles. The maximum atomic E-state index is 10.7. The van der Waals surface area contributed by atoms with Crippen LogP contribution in [0, 0.1) is 0 Å². The highest BCUT2D eigenvalue weighted by Gasteiger charge is 2.13. The molecule has 0 aliphatic carbocycles. The molecule has 0 fully saturated rings. The number of hydrogen-bond donors (Lipinski definition) is 2. The summed E-state index contributed by atoms with van der Waals surface area (Å²) >= 11 is 0. The molecule has 0 aromatic heterocycles. The van der Waals surface area contributed by atoms with Crippen molar-refractivity contribution in [3.8, 4) is 11.5 Å². The van der Waals surface area contributed by atoms with Crippen LogP contribution in [0.1, 0.15) is 10.4 Å². The van der Waals surface area contributed by atoms with Gasteiger partial charge in [-0.3, -0.25) is 4.79 Å². The Bertz CT molecular complexity index is 422. The van der Waals surface area contributed by atoms with Crippen LogP contribution in [0.25, 0.3) is 0 Å². The van der Waals surface area contributed by atoms with Gasteiger partial charge in [-0.05, 0) is 18.2 Å². The summed E-state index contributed by atoms with van der Waals surface area (Å²) in [6.45, 7) is 0.315. The number of carbonyl (C=O) groups is 1. The predicted octanol–water partition coefficient (Wildman–Crippen LogP) is 0.230. The van der Waals surface area contributed by atoms with Crippen molar-refractivity contribution in [2.24, 2.45) is 0 Å². The van der Waals surface area contributed by atoms with Crippen molar-refractivity contribution in [2.45, 2.75) is 6.29 Å². The highest BCUT2D eigenvalue weighted by atomic mass is 16.7. The summed E-state index contributed by atoms with van der Waals surface area (Å²) in [7, 11) is 1.45. The van der Waals surface area contributed by atoms with E-state index in [4.69, 9.17) is 24.1 Å². The third-order valence-electron chi connectivity index (χ3n) is 2.50. The SMILES string of the molecule is COc1cc(C=O)ccc1OC(CO)OCCOCCO. The summed E-state index contributed by atoms with van der Waals surface area (Å²) in [5.41, 5.74) is 0.457. The van der Waals surface area contributed by atoms with E-state index in [2.05, 4.69) is 0 Å². The first-order valence-corrected chi connectivity index (χ1v) is 6.46. The largest absolute Gasteiger partial charge is 0.493 e. The summed E-state index contributed by atoms with van der Waals surface area (Å²) in [5, 5.41) is 17.8. The quantitative estimate of drug-likeness (QED) is 0.343. The number of aliphatic hydroxyl groups is 2. The zero-order valence-electron chi connectivity index (χ0n) is 11.9. The first-order chi connectivity index (χ1) is 10.2. The van der Waals surface area contributed by atoms with Gasteiger partial charge in [-0.15, -0.1) is 0 Å². The van der Waals surface area contributed by atoms with E-state index in [-0.39, 0.29) is 33.0 Å². The zero-order valence-corrected chi connectivity index (χ0v) is 11.9. The smallest absolute Gasteiger partial charge is 0.223 e. The van der Waals surface area contributed by atoms with Crippen molar-refractivity contribution in [1.29, 1.82) is 0 Å². The highest BCUT2D eigenvalue weighted by Crippen LogP contribution is 2.28. The molecule has 2 N–H and O–H groups in total. The van der Waals surface area contributed by atoms with Crippen molar-refractivity contribution >= 4 is 6.29 Å². The molecule has 118 valence electrons. The molecular formula is C14H20O7. The van der Waals surface area contributed by atoms with Gasteiger partial charge in [-0.2, -0.15) is 0 Å². The molecule has 0 radical (unpaired) electrons. The maximum absolute atomic E-state index is 10.7. The van der Waals surface area contributed by atoms with Gasteiger partial charge in [0.25, 0.3) is 0 Å².